The Morgan fingerprint density at radius 1 is 1.41 bits per heavy atom. The van der Waals surface area contributed by atoms with Gasteiger partial charge in [0.2, 0.25) is 5.91 Å². The molecule has 0 aliphatic carbocycles. The van der Waals surface area contributed by atoms with Gasteiger partial charge in [-0.15, -0.1) is 0 Å². The van der Waals surface area contributed by atoms with Crippen molar-refractivity contribution in [3.63, 3.8) is 0 Å². The van der Waals surface area contributed by atoms with Crippen LogP contribution in [0.3, 0.4) is 0 Å². The number of thiazole rings is 1. The number of nitrogens with zero attached hydrogens (tertiary/aromatic N) is 3. The van der Waals surface area contributed by atoms with Crippen LogP contribution in [0.5, 0.6) is 0 Å². The third-order valence-electron chi connectivity index (χ3n) is 3.79. The first-order valence-electron chi connectivity index (χ1n) is 7.01. The summed E-state index contributed by atoms with van der Waals surface area (Å²) >= 11 is 1.20. The van der Waals surface area contributed by atoms with Gasteiger partial charge in [0.1, 0.15) is 0 Å². The second kappa shape index (κ2) is 5.98. The lowest BCUT2D eigenvalue weighted by Crippen LogP contribution is -2.27. The summed E-state index contributed by atoms with van der Waals surface area (Å²) in [6.07, 6.45) is 5.23. The molecule has 0 saturated carbocycles. The lowest BCUT2D eigenvalue weighted by Gasteiger charge is -2.15. The van der Waals surface area contributed by atoms with E-state index in [2.05, 4.69) is 20.7 Å². The predicted octanol–water partition coefficient (Wildman–Crippen LogP) is 1.02. The molecule has 2 aromatic rings. The van der Waals surface area contributed by atoms with E-state index in [-0.39, 0.29) is 23.5 Å². The predicted molar refractivity (Wildman–Crippen MR) is 83.1 cm³/mol. The van der Waals surface area contributed by atoms with Crippen LogP contribution in [0.2, 0.25) is 0 Å². The number of ketones is 1. The molecule has 1 fully saturated rings. The summed E-state index contributed by atoms with van der Waals surface area (Å²) < 4.78 is 1.74. The first-order chi connectivity index (χ1) is 10.5. The van der Waals surface area contributed by atoms with E-state index >= 15 is 0 Å². The highest BCUT2D eigenvalue weighted by atomic mass is 32.1. The molecule has 116 valence electrons. The molecule has 7 nitrogen and oxygen atoms in total. The molecule has 22 heavy (non-hydrogen) atoms. The minimum Gasteiger partial charge on any atom is -0.315 e. The van der Waals surface area contributed by atoms with Crippen molar-refractivity contribution >= 4 is 28.2 Å². The van der Waals surface area contributed by atoms with Gasteiger partial charge in [0.15, 0.2) is 10.9 Å². The van der Waals surface area contributed by atoms with Crippen molar-refractivity contribution in [3.8, 4) is 0 Å². The third kappa shape index (κ3) is 2.93. The first-order valence-corrected chi connectivity index (χ1v) is 7.83. The molecule has 2 N–H and O–H groups in total. The Morgan fingerprint density at radius 2 is 2.23 bits per heavy atom. The van der Waals surface area contributed by atoms with Crippen LogP contribution in [-0.4, -0.2) is 39.5 Å². The zero-order chi connectivity index (χ0) is 15.7. The van der Waals surface area contributed by atoms with Crippen LogP contribution in [0.25, 0.3) is 0 Å². The van der Waals surface area contributed by atoms with Crippen molar-refractivity contribution in [2.24, 2.45) is 13.0 Å². The third-order valence-corrected chi connectivity index (χ3v) is 4.80. The van der Waals surface area contributed by atoms with E-state index in [9.17, 15) is 9.59 Å². The molecule has 2 atom stereocenters. The van der Waals surface area contributed by atoms with E-state index in [0.717, 1.165) is 12.1 Å². The molecule has 8 heteroatoms. The summed E-state index contributed by atoms with van der Waals surface area (Å²) in [6, 6.07) is 0. The molecule has 1 amide bonds. The number of anilines is 1. The smallest absolute Gasteiger partial charge is 0.231 e. The van der Waals surface area contributed by atoms with Crippen LogP contribution in [-0.2, 0) is 11.8 Å². The van der Waals surface area contributed by atoms with E-state index in [1.54, 1.807) is 10.9 Å². The monoisotopic (exact) mass is 319 g/mol. The fraction of sp³-hybridized carbons (Fsp3) is 0.429. The number of hydrogen-bond donors (Lipinski definition) is 2. The average molecular weight is 319 g/mol. The molecule has 0 bridgehead atoms. The summed E-state index contributed by atoms with van der Waals surface area (Å²) in [5, 5.41) is 10.7. The highest BCUT2D eigenvalue weighted by Crippen LogP contribution is 2.29. The van der Waals surface area contributed by atoms with Gasteiger partial charge in [0.25, 0.3) is 0 Å². The molecule has 0 spiro atoms. The van der Waals surface area contributed by atoms with Crippen molar-refractivity contribution in [1.29, 1.82) is 0 Å². The molecule has 1 saturated heterocycles. The quantitative estimate of drug-likeness (QED) is 0.821. The maximum atomic E-state index is 12.5. The van der Waals surface area contributed by atoms with Crippen LogP contribution in [0.15, 0.2) is 18.6 Å². The lowest BCUT2D eigenvalue weighted by atomic mass is 9.90. The maximum Gasteiger partial charge on any atom is 0.231 e. The molecular weight excluding hydrogens is 302 g/mol. The zero-order valence-electron chi connectivity index (χ0n) is 12.4. The van der Waals surface area contributed by atoms with E-state index in [1.165, 1.54) is 24.5 Å². The summed E-state index contributed by atoms with van der Waals surface area (Å²) in [5.74, 6) is -0.202. The Bertz CT molecular complexity index is 708. The number of rotatable bonds is 4. The van der Waals surface area contributed by atoms with Gasteiger partial charge in [0, 0.05) is 39.2 Å². The zero-order valence-corrected chi connectivity index (χ0v) is 13.2. The minimum atomic E-state index is -0.172. The highest BCUT2D eigenvalue weighted by Gasteiger charge is 2.35. The van der Waals surface area contributed by atoms with E-state index < -0.39 is 0 Å². The first kappa shape index (κ1) is 14.9. The Hall–Kier alpha value is -2.06. The molecular formula is C14H17N5O2S. The van der Waals surface area contributed by atoms with Crippen molar-refractivity contribution in [2.45, 2.75) is 12.8 Å². The fourth-order valence-corrected chi connectivity index (χ4v) is 3.34. The summed E-state index contributed by atoms with van der Waals surface area (Å²) in [4.78, 5) is 28.4. The van der Waals surface area contributed by atoms with Gasteiger partial charge in [-0.25, -0.2) is 4.98 Å². The Morgan fingerprint density at radius 3 is 2.86 bits per heavy atom. The normalized spacial score (nSPS) is 21.0. The summed E-state index contributed by atoms with van der Waals surface area (Å²) in [6.45, 7) is 2.86. The molecule has 2 aromatic heterocycles. The van der Waals surface area contributed by atoms with Crippen LogP contribution >= 0.6 is 11.3 Å². The topological polar surface area (TPSA) is 88.9 Å². The van der Waals surface area contributed by atoms with Crippen LogP contribution in [0.1, 0.15) is 28.1 Å². The summed E-state index contributed by atoms with van der Waals surface area (Å²) in [7, 11) is 1.86. The van der Waals surface area contributed by atoms with E-state index in [4.69, 9.17) is 0 Å². The summed E-state index contributed by atoms with van der Waals surface area (Å²) in [5.41, 5.74) is 1.05. The van der Waals surface area contributed by atoms with E-state index in [1.807, 2.05) is 13.2 Å². The van der Waals surface area contributed by atoms with Gasteiger partial charge in [0.05, 0.1) is 23.2 Å². The van der Waals surface area contributed by atoms with Crippen molar-refractivity contribution in [3.05, 3.63) is 29.0 Å². The molecule has 1 aliphatic rings. The molecule has 3 rings (SSSR count). The minimum absolute atomic E-state index is 0.0474. The van der Waals surface area contributed by atoms with Gasteiger partial charge in [-0.2, -0.15) is 5.10 Å². The van der Waals surface area contributed by atoms with Gasteiger partial charge in [-0.3, -0.25) is 14.3 Å². The SMILES string of the molecule is CC(=O)c1cnc(NC(=O)[C@H]2CNC[C@@H]2c2cnn(C)c2)s1. The van der Waals surface area contributed by atoms with Crippen LogP contribution in [0, 0.1) is 5.92 Å². The lowest BCUT2D eigenvalue weighted by molar-refractivity contribution is -0.119. The number of carbonyl (C=O) groups is 2. The number of hydrogen-bond acceptors (Lipinski definition) is 6. The molecule has 0 unspecified atom stereocenters. The van der Waals surface area contributed by atoms with Crippen molar-refractivity contribution in [2.75, 3.05) is 18.4 Å². The number of aromatic nitrogens is 3. The fourth-order valence-electron chi connectivity index (χ4n) is 2.63. The number of aryl methyl sites for hydroxylation is 1. The second-order valence-electron chi connectivity index (χ2n) is 5.39. The molecule has 0 aromatic carbocycles. The number of nitrogens with one attached hydrogen (secondary N) is 2. The number of Topliss-reactive ketones (excluding diaryl/α,β-unsaturated/α-hetero) is 1. The Kier molecular flexibility index (Phi) is 4.04. The molecule has 0 radical (unpaired) electrons. The van der Waals surface area contributed by atoms with Crippen molar-refractivity contribution in [1.82, 2.24) is 20.1 Å². The Balaban J connectivity index is 1.71. The van der Waals surface area contributed by atoms with Crippen LogP contribution in [0.4, 0.5) is 5.13 Å². The van der Waals surface area contributed by atoms with Crippen LogP contribution < -0.4 is 10.6 Å². The standard InChI is InChI=1S/C14H17N5O2S/c1-8(20)12-6-16-14(22-12)18-13(21)11-5-15-4-10(11)9-3-17-19(2)7-9/h3,6-7,10-11,15H,4-5H2,1-2H3,(H,16,18,21)/t10-,11+/m1/s1. The van der Waals surface area contributed by atoms with Gasteiger partial charge in [-0.1, -0.05) is 11.3 Å². The second-order valence-corrected chi connectivity index (χ2v) is 6.42. The average Bonchev–Trinajstić information content (AvgIpc) is 3.16. The number of amides is 1. The maximum absolute atomic E-state index is 12.5. The van der Waals surface area contributed by atoms with Gasteiger partial charge < -0.3 is 10.6 Å². The highest BCUT2D eigenvalue weighted by molar-refractivity contribution is 7.17. The van der Waals surface area contributed by atoms with E-state index in [0.29, 0.717) is 16.6 Å². The Labute approximate surface area is 131 Å². The van der Waals surface area contributed by atoms with Gasteiger partial charge in [-0.05, 0) is 5.56 Å². The van der Waals surface area contributed by atoms with Crippen molar-refractivity contribution < 1.29 is 9.59 Å². The molecule has 3 heterocycles. The van der Waals surface area contributed by atoms with Gasteiger partial charge >= 0.3 is 0 Å². The largest absolute Gasteiger partial charge is 0.315 e. The number of carbonyl (C=O) groups excluding carboxylic acids is 2. The molecule has 1 aliphatic heterocycles.